The van der Waals surface area contributed by atoms with Gasteiger partial charge < -0.3 is 4.74 Å². The zero-order valence-electron chi connectivity index (χ0n) is 9.26. The van der Waals surface area contributed by atoms with Crippen molar-refractivity contribution in [3.8, 4) is 0 Å². The molecule has 0 radical (unpaired) electrons. The van der Waals surface area contributed by atoms with E-state index in [2.05, 4.69) is 4.74 Å². The summed E-state index contributed by atoms with van der Waals surface area (Å²) in [4.78, 5) is 46.4. The van der Waals surface area contributed by atoms with Crippen LogP contribution in [0.1, 0.15) is 13.3 Å². The highest BCUT2D eigenvalue weighted by Crippen LogP contribution is 1.91. The van der Waals surface area contributed by atoms with Crippen molar-refractivity contribution in [1.29, 1.82) is 0 Å². The molecule has 0 bridgehead atoms. The summed E-state index contributed by atoms with van der Waals surface area (Å²) in [5, 5.41) is 0. The lowest BCUT2D eigenvalue weighted by Gasteiger charge is -2.03. The molecule has 92 valence electrons. The van der Waals surface area contributed by atoms with Crippen LogP contribution in [0.2, 0.25) is 0 Å². The molecule has 0 aromatic carbocycles. The molecule has 0 amide bonds. The predicted octanol–water partition coefficient (Wildman–Crippen LogP) is -0.941. The molecule has 7 nitrogen and oxygen atoms in total. The highest BCUT2D eigenvalue weighted by Gasteiger charge is 2.11. The van der Waals surface area contributed by atoms with Gasteiger partial charge in [-0.25, -0.2) is 4.79 Å². The molecule has 1 rings (SSSR count). The van der Waals surface area contributed by atoms with E-state index in [1.54, 1.807) is 6.92 Å². The Morgan fingerprint density at radius 1 is 1.41 bits per heavy atom. The third kappa shape index (κ3) is 4.06. The van der Waals surface area contributed by atoms with Crippen LogP contribution in [0.4, 0.5) is 0 Å². The molecular weight excluding hydrogens is 228 g/mol. The maximum absolute atomic E-state index is 11.4. The van der Waals surface area contributed by atoms with E-state index in [1.165, 1.54) is 6.20 Å². The largest absolute Gasteiger partial charge is 0.466 e. The number of aromatic nitrogens is 2. The topological polar surface area (TPSA) is 98.2 Å². The third-order valence-corrected chi connectivity index (χ3v) is 1.89. The van der Waals surface area contributed by atoms with Crippen LogP contribution in [-0.4, -0.2) is 27.9 Å². The third-order valence-electron chi connectivity index (χ3n) is 1.89. The molecule has 0 saturated carbocycles. The van der Waals surface area contributed by atoms with Gasteiger partial charge in [0.15, 0.2) is 5.78 Å². The summed E-state index contributed by atoms with van der Waals surface area (Å²) in [5.41, 5.74) is -1.22. The zero-order valence-corrected chi connectivity index (χ0v) is 9.26. The van der Waals surface area contributed by atoms with E-state index in [0.29, 0.717) is 0 Å². The summed E-state index contributed by atoms with van der Waals surface area (Å²) in [6.07, 6.45) is 0.809. The minimum Gasteiger partial charge on any atom is -0.466 e. The number of ketones is 1. The van der Waals surface area contributed by atoms with E-state index in [-0.39, 0.29) is 19.6 Å². The lowest BCUT2D eigenvalue weighted by Crippen LogP contribution is -2.31. The molecular formula is C10H12N2O5. The summed E-state index contributed by atoms with van der Waals surface area (Å²) in [6.45, 7) is 1.56. The van der Waals surface area contributed by atoms with Gasteiger partial charge in [-0.2, -0.15) is 0 Å². The van der Waals surface area contributed by atoms with Gasteiger partial charge in [0.1, 0.15) is 6.42 Å². The van der Waals surface area contributed by atoms with Crippen molar-refractivity contribution in [1.82, 2.24) is 9.55 Å². The Morgan fingerprint density at radius 2 is 2.12 bits per heavy atom. The summed E-state index contributed by atoms with van der Waals surface area (Å²) in [6, 6.07) is 1.12. The second kappa shape index (κ2) is 5.78. The van der Waals surface area contributed by atoms with Gasteiger partial charge in [-0.1, -0.05) is 0 Å². The fourth-order valence-corrected chi connectivity index (χ4v) is 1.19. The van der Waals surface area contributed by atoms with E-state index in [1.807, 2.05) is 4.98 Å². The average molecular weight is 240 g/mol. The highest BCUT2D eigenvalue weighted by molar-refractivity contribution is 5.95. The Labute approximate surface area is 96.0 Å². The fourth-order valence-electron chi connectivity index (χ4n) is 1.19. The number of hydrogen-bond donors (Lipinski definition) is 1. The number of Topliss-reactive ketones (excluding diaryl/α,β-unsaturated/α-hetero) is 1. The Kier molecular flexibility index (Phi) is 4.38. The number of nitrogens with zero attached hydrogens (tertiary/aromatic N) is 1. The van der Waals surface area contributed by atoms with Gasteiger partial charge in [-0.05, 0) is 6.92 Å². The quantitative estimate of drug-likeness (QED) is 0.529. The Balaban J connectivity index is 2.65. The first-order valence-corrected chi connectivity index (χ1v) is 5.00. The Morgan fingerprint density at radius 3 is 2.71 bits per heavy atom. The van der Waals surface area contributed by atoms with Crippen LogP contribution >= 0.6 is 0 Å². The van der Waals surface area contributed by atoms with Crippen molar-refractivity contribution in [2.24, 2.45) is 0 Å². The summed E-state index contributed by atoms with van der Waals surface area (Å²) < 4.78 is 5.61. The SMILES string of the molecule is CCOC(=O)CC(=O)Cn1ccc(=O)[nH]c1=O. The van der Waals surface area contributed by atoms with Crippen molar-refractivity contribution in [3.63, 3.8) is 0 Å². The van der Waals surface area contributed by atoms with E-state index in [0.717, 1.165) is 10.6 Å². The van der Waals surface area contributed by atoms with Gasteiger partial charge in [0, 0.05) is 12.3 Å². The molecule has 1 aromatic rings. The molecule has 7 heteroatoms. The first-order valence-electron chi connectivity index (χ1n) is 5.00. The lowest BCUT2D eigenvalue weighted by molar-refractivity contribution is -0.145. The molecule has 0 aliphatic heterocycles. The molecule has 0 saturated heterocycles. The molecule has 1 N–H and O–H groups in total. The molecule has 17 heavy (non-hydrogen) atoms. The summed E-state index contributed by atoms with van der Waals surface area (Å²) in [5.74, 6) is -1.09. The number of hydrogen-bond acceptors (Lipinski definition) is 5. The monoisotopic (exact) mass is 240 g/mol. The number of carbonyl (C=O) groups is 2. The molecule has 0 fully saturated rings. The average Bonchev–Trinajstić information content (AvgIpc) is 2.22. The predicted molar refractivity (Wildman–Crippen MR) is 57.6 cm³/mol. The van der Waals surface area contributed by atoms with Crippen LogP contribution in [0.25, 0.3) is 0 Å². The van der Waals surface area contributed by atoms with Crippen LogP contribution in [0.5, 0.6) is 0 Å². The minimum atomic E-state index is -0.685. The first-order chi connectivity index (χ1) is 8.02. The smallest absolute Gasteiger partial charge is 0.328 e. The molecule has 0 aliphatic carbocycles. The van der Waals surface area contributed by atoms with Gasteiger partial charge in [-0.3, -0.25) is 23.9 Å². The maximum Gasteiger partial charge on any atom is 0.328 e. The van der Waals surface area contributed by atoms with E-state index in [9.17, 15) is 19.2 Å². The van der Waals surface area contributed by atoms with Crippen LogP contribution in [0.15, 0.2) is 21.9 Å². The second-order valence-corrected chi connectivity index (χ2v) is 3.26. The number of aromatic amines is 1. The van der Waals surface area contributed by atoms with Gasteiger partial charge in [0.25, 0.3) is 5.56 Å². The Hall–Kier alpha value is -2.18. The van der Waals surface area contributed by atoms with Crippen molar-refractivity contribution in [2.45, 2.75) is 19.9 Å². The lowest BCUT2D eigenvalue weighted by atomic mass is 10.3. The maximum atomic E-state index is 11.4. The van der Waals surface area contributed by atoms with Crippen molar-refractivity contribution >= 4 is 11.8 Å². The van der Waals surface area contributed by atoms with Gasteiger partial charge in [-0.15, -0.1) is 0 Å². The van der Waals surface area contributed by atoms with Crippen molar-refractivity contribution in [3.05, 3.63) is 33.1 Å². The highest BCUT2D eigenvalue weighted by atomic mass is 16.5. The number of H-pyrrole nitrogens is 1. The van der Waals surface area contributed by atoms with E-state index >= 15 is 0 Å². The first kappa shape index (κ1) is 12.9. The number of rotatable bonds is 5. The Bertz CT molecular complexity index is 528. The van der Waals surface area contributed by atoms with E-state index < -0.39 is 23.0 Å². The fraction of sp³-hybridized carbons (Fsp3) is 0.400. The van der Waals surface area contributed by atoms with Gasteiger partial charge in [0.05, 0.1) is 13.2 Å². The standard InChI is InChI=1S/C10H12N2O5/c1-2-17-9(15)5-7(13)6-12-4-3-8(14)11-10(12)16/h3-4H,2,5-6H2,1H3,(H,11,14,16). The van der Waals surface area contributed by atoms with Crippen LogP contribution in [-0.2, 0) is 20.9 Å². The van der Waals surface area contributed by atoms with E-state index in [4.69, 9.17) is 0 Å². The number of carbonyl (C=O) groups excluding carboxylic acids is 2. The molecule has 0 aliphatic rings. The molecule has 0 atom stereocenters. The van der Waals surface area contributed by atoms with Crippen molar-refractivity contribution < 1.29 is 14.3 Å². The summed E-state index contributed by atoms with van der Waals surface area (Å²) >= 11 is 0. The van der Waals surface area contributed by atoms with Crippen LogP contribution in [0, 0.1) is 0 Å². The second-order valence-electron chi connectivity index (χ2n) is 3.26. The zero-order chi connectivity index (χ0) is 12.8. The molecule has 1 heterocycles. The number of ether oxygens (including phenoxy) is 1. The van der Waals surface area contributed by atoms with Crippen molar-refractivity contribution in [2.75, 3.05) is 6.61 Å². The van der Waals surface area contributed by atoms with Crippen LogP contribution < -0.4 is 11.2 Å². The minimum absolute atomic E-state index is 0.199. The van der Waals surface area contributed by atoms with Crippen LogP contribution in [0.3, 0.4) is 0 Å². The molecule has 0 unspecified atom stereocenters. The number of esters is 1. The molecule has 0 spiro atoms. The van der Waals surface area contributed by atoms with Gasteiger partial charge in [0.2, 0.25) is 0 Å². The molecule has 1 aromatic heterocycles. The number of nitrogens with one attached hydrogen (secondary N) is 1. The summed E-state index contributed by atoms with van der Waals surface area (Å²) in [7, 11) is 0. The van der Waals surface area contributed by atoms with Gasteiger partial charge >= 0.3 is 11.7 Å². The normalized spacial score (nSPS) is 9.94.